The van der Waals surface area contributed by atoms with Crippen molar-refractivity contribution in [3.8, 4) is 0 Å². The zero-order chi connectivity index (χ0) is 8.58. The first-order valence-electron chi connectivity index (χ1n) is 1.84. The number of Topliss-reactive ketones (excluding diaryl/α,β-unsaturated/α-hetero) is 1. The second kappa shape index (κ2) is 3.55. The van der Waals surface area contributed by atoms with E-state index in [4.69, 9.17) is 0 Å². The molecular weight excluding hydrogens is 215 g/mol. The molecule has 0 saturated heterocycles. The van der Waals surface area contributed by atoms with Crippen LogP contribution in [0.1, 0.15) is 0 Å². The van der Waals surface area contributed by atoms with Crippen LogP contribution in [-0.4, -0.2) is 22.0 Å². The number of hydrogen-bond acceptors (Lipinski definition) is 1. The second-order valence-corrected chi connectivity index (χ2v) is 2.56. The lowest BCUT2D eigenvalue weighted by atomic mass is 10.4. The predicted octanol–water partition coefficient (Wildman–Crippen LogP) is 1.39. The number of alkyl halides is 6. The zero-order valence-electron chi connectivity index (χ0n) is 4.68. The molecule has 0 bridgehead atoms. The number of halogens is 6. The second-order valence-electron chi connectivity index (χ2n) is 1.32. The van der Waals surface area contributed by atoms with Gasteiger partial charge < -0.3 is 5.48 Å². The summed E-state index contributed by atoms with van der Waals surface area (Å²) >= 11 is 8.39. The summed E-state index contributed by atoms with van der Waals surface area (Å²) in [6.45, 7) is 0. The van der Waals surface area contributed by atoms with Crippen LogP contribution in [0, 0.1) is 0 Å². The monoisotopic (exact) mass is 216 g/mol. The SMILES string of the molecule is O.O=C(C(F)(F)F)C(F)(Cl)Cl. The summed E-state index contributed by atoms with van der Waals surface area (Å²) in [6.07, 6.45) is -5.34. The molecule has 0 aliphatic rings. The topological polar surface area (TPSA) is 48.6 Å². The highest BCUT2D eigenvalue weighted by molar-refractivity contribution is 6.57. The largest absolute Gasteiger partial charge is 0.456 e. The van der Waals surface area contributed by atoms with Gasteiger partial charge in [0.05, 0.1) is 0 Å². The van der Waals surface area contributed by atoms with E-state index < -0.39 is 16.5 Å². The molecule has 0 saturated carbocycles. The van der Waals surface area contributed by atoms with E-state index in [0.29, 0.717) is 0 Å². The quantitative estimate of drug-likeness (QED) is 0.483. The maximum Gasteiger partial charge on any atom is 0.456 e. The molecule has 8 heteroatoms. The Morgan fingerprint density at radius 1 is 1.09 bits per heavy atom. The Morgan fingerprint density at radius 2 is 1.36 bits per heavy atom. The standard InChI is InChI=1S/C3Cl2F4O.H2O/c4-2(5,6)1(10)3(7,8)9;/h;1H2. The summed E-state index contributed by atoms with van der Waals surface area (Å²) in [4.78, 5) is 9.72. The van der Waals surface area contributed by atoms with Crippen LogP contribution in [0.25, 0.3) is 0 Å². The lowest BCUT2D eigenvalue weighted by Gasteiger charge is -2.09. The smallest absolute Gasteiger partial charge is 0.412 e. The highest BCUT2D eigenvalue weighted by Gasteiger charge is 2.52. The first kappa shape index (κ1) is 13.5. The molecule has 0 aromatic rings. The molecule has 0 aromatic heterocycles. The Morgan fingerprint density at radius 3 is 1.36 bits per heavy atom. The molecule has 0 amide bonds. The summed E-state index contributed by atoms with van der Waals surface area (Å²) in [6, 6.07) is 0. The van der Waals surface area contributed by atoms with Crippen molar-refractivity contribution in [1.29, 1.82) is 0 Å². The van der Waals surface area contributed by atoms with E-state index in [1.807, 2.05) is 0 Å². The van der Waals surface area contributed by atoms with E-state index in [9.17, 15) is 22.4 Å². The van der Waals surface area contributed by atoms with Gasteiger partial charge in [-0.05, 0) is 0 Å². The molecule has 0 aliphatic carbocycles. The van der Waals surface area contributed by atoms with E-state index in [1.54, 1.807) is 0 Å². The van der Waals surface area contributed by atoms with E-state index in [-0.39, 0.29) is 5.48 Å². The van der Waals surface area contributed by atoms with Gasteiger partial charge >= 0.3 is 16.5 Å². The Balaban J connectivity index is 0. The fraction of sp³-hybridized carbons (Fsp3) is 0.667. The van der Waals surface area contributed by atoms with Crippen LogP contribution >= 0.6 is 23.2 Å². The summed E-state index contributed by atoms with van der Waals surface area (Å²) in [5, 5.41) is 0. The molecular formula is C3H2Cl2F4O2. The molecule has 0 fully saturated rings. The summed E-state index contributed by atoms with van der Waals surface area (Å²) in [7, 11) is 0. The van der Waals surface area contributed by atoms with Crippen LogP contribution in [0.4, 0.5) is 17.6 Å². The van der Waals surface area contributed by atoms with Crippen LogP contribution in [0.3, 0.4) is 0 Å². The third-order valence-corrected chi connectivity index (χ3v) is 0.858. The fourth-order valence-electron chi connectivity index (χ4n) is 0.161. The third kappa shape index (κ3) is 4.39. The molecule has 0 radical (unpaired) electrons. The minimum Gasteiger partial charge on any atom is -0.412 e. The Labute approximate surface area is 68.4 Å². The van der Waals surface area contributed by atoms with Gasteiger partial charge in [0.15, 0.2) is 0 Å². The minimum absolute atomic E-state index is 0. The van der Waals surface area contributed by atoms with Gasteiger partial charge in [0.25, 0.3) is 0 Å². The van der Waals surface area contributed by atoms with Gasteiger partial charge in [-0.3, -0.25) is 4.79 Å². The Kier molecular flexibility index (Phi) is 4.36. The van der Waals surface area contributed by atoms with Gasteiger partial charge in [0.1, 0.15) is 0 Å². The highest BCUT2D eigenvalue weighted by Crippen LogP contribution is 2.32. The normalized spacial score (nSPS) is 12.2. The van der Waals surface area contributed by atoms with Gasteiger partial charge in [-0.15, -0.1) is 0 Å². The van der Waals surface area contributed by atoms with Crippen LogP contribution in [-0.2, 0) is 4.79 Å². The summed E-state index contributed by atoms with van der Waals surface area (Å²) in [5.74, 6) is -2.82. The lowest BCUT2D eigenvalue weighted by Crippen LogP contribution is -2.34. The van der Waals surface area contributed by atoms with Crippen molar-refractivity contribution in [3.05, 3.63) is 0 Å². The van der Waals surface area contributed by atoms with Crippen LogP contribution in [0.5, 0.6) is 0 Å². The molecule has 0 heterocycles. The van der Waals surface area contributed by atoms with E-state index in [0.717, 1.165) is 0 Å². The van der Waals surface area contributed by atoms with Crippen molar-refractivity contribution in [3.63, 3.8) is 0 Å². The van der Waals surface area contributed by atoms with E-state index in [1.165, 1.54) is 0 Å². The van der Waals surface area contributed by atoms with Crippen molar-refractivity contribution in [2.75, 3.05) is 0 Å². The molecule has 0 unspecified atom stereocenters. The van der Waals surface area contributed by atoms with Gasteiger partial charge in [-0.2, -0.15) is 17.6 Å². The van der Waals surface area contributed by atoms with Crippen LogP contribution in [0.2, 0.25) is 0 Å². The van der Waals surface area contributed by atoms with Gasteiger partial charge in [0, 0.05) is 0 Å². The molecule has 0 aromatic carbocycles. The first-order chi connectivity index (χ1) is 4.15. The molecule has 0 spiro atoms. The minimum atomic E-state index is -5.34. The van der Waals surface area contributed by atoms with Crippen molar-refractivity contribution >= 4 is 29.0 Å². The summed E-state index contributed by atoms with van der Waals surface area (Å²) < 4.78 is 41.4. The van der Waals surface area contributed by atoms with Crippen molar-refractivity contribution < 1.29 is 27.8 Å². The number of carbonyl (C=O) groups excluding carboxylic acids is 1. The molecule has 0 atom stereocenters. The number of ketones is 1. The zero-order valence-corrected chi connectivity index (χ0v) is 6.19. The fourth-order valence-corrected chi connectivity index (χ4v) is 0.375. The Bertz CT molecular complexity index is 132. The predicted molar refractivity (Wildman–Crippen MR) is 30.2 cm³/mol. The first-order valence-corrected chi connectivity index (χ1v) is 2.59. The van der Waals surface area contributed by atoms with Gasteiger partial charge in [-0.1, -0.05) is 23.2 Å². The van der Waals surface area contributed by atoms with Gasteiger partial charge in [0.2, 0.25) is 0 Å². The molecule has 11 heavy (non-hydrogen) atoms. The lowest BCUT2D eigenvalue weighted by molar-refractivity contribution is -0.175. The highest BCUT2D eigenvalue weighted by atomic mass is 35.5. The Hall–Kier alpha value is -0.0700. The number of carbonyl (C=O) groups is 1. The van der Waals surface area contributed by atoms with Gasteiger partial charge in [-0.25, -0.2) is 0 Å². The maximum absolute atomic E-state index is 11.7. The third-order valence-electron chi connectivity index (χ3n) is 0.515. The number of rotatable bonds is 1. The van der Waals surface area contributed by atoms with Crippen molar-refractivity contribution in [2.24, 2.45) is 0 Å². The average molecular weight is 217 g/mol. The van der Waals surface area contributed by atoms with E-state index in [2.05, 4.69) is 23.2 Å². The van der Waals surface area contributed by atoms with E-state index >= 15 is 0 Å². The van der Waals surface area contributed by atoms with Crippen LogP contribution < -0.4 is 0 Å². The maximum atomic E-state index is 11.7. The molecule has 68 valence electrons. The summed E-state index contributed by atoms with van der Waals surface area (Å²) in [5.41, 5.74) is 0. The van der Waals surface area contributed by atoms with Crippen molar-refractivity contribution in [1.82, 2.24) is 0 Å². The number of hydrogen-bond donors (Lipinski definition) is 0. The van der Waals surface area contributed by atoms with Crippen molar-refractivity contribution in [2.45, 2.75) is 10.8 Å². The average Bonchev–Trinajstić information content (AvgIpc) is 1.59. The molecule has 2 nitrogen and oxygen atoms in total. The van der Waals surface area contributed by atoms with Crippen LogP contribution in [0.15, 0.2) is 0 Å². The molecule has 2 N–H and O–H groups in total. The molecule has 0 aliphatic heterocycles. The molecule has 0 rings (SSSR count).